The Labute approximate surface area is 126 Å². The van der Waals surface area contributed by atoms with E-state index in [1.165, 1.54) is 23.4 Å². The number of nitrogens with two attached hydrogens (primary N) is 1. The first kappa shape index (κ1) is 15.5. The Kier molecular flexibility index (Phi) is 4.97. The lowest BCUT2D eigenvalue weighted by Crippen LogP contribution is -2.17. The average molecular weight is 285 g/mol. The predicted octanol–water partition coefficient (Wildman–Crippen LogP) is 3.74. The van der Waals surface area contributed by atoms with Crippen molar-refractivity contribution in [2.24, 2.45) is 11.7 Å². The molecule has 3 nitrogen and oxygen atoms in total. The van der Waals surface area contributed by atoms with Crippen molar-refractivity contribution in [1.29, 1.82) is 0 Å². The van der Waals surface area contributed by atoms with Gasteiger partial charge in [-0.2, -0.15) is 0 Å². The number of hydrogen-bond acceptors (Lipinski definition) is 3. The third-order valence-electron chi connectivity index (χ3n) is 3.97. The third-order valence-corrected chi connectivity index (χ3v) is 3.97. The molecule has 2 N–H and O–H groups in total. The van der Waals surface area contributed by atoms with Crippen LogP contribution < -0.4 is 5.73 Å². The van der Waals surface area contributed by atoms with Crippen molar-refractivity contribution >= 4 is 16.7 Å². The summed E-state index contributed by atoms with van der Waals surface area (Å²) in [6, 6.07) is 12.5. The second-order valence-corrected chi connectivity index (χ2v) is 5.74. The molecule has 2 atom stereocenters. The van der Waals surface area contributed by atoms with Gasteiger partial charge in [-0.15, -0.1) is 0 Å². The normalized spacial score (nSPS) is 13.9. The first-order valence-electron chi connectivity index (χ1n) is 7.33. The fourth-order valence-corrected chi connectivity index (χ4v) is 2.81. The Bertz CT molecular complexity index is 636. The van der Waals surface area contributed by atoms with Crippen molar-refractivity contribution in [2.75, 3.05) is 7.11 Å². The molecule has 0 radical (unpaired) electrons. The van der Waals surface area contributed by atoms with Crippen LogP contribution in [-0.4, -0.2) is 13.1 Å². The van der Waals surface area contributed by atoms with E-state index in [4.69, 9.17) is 10.5 Å². The van der Waals surface area contributed by atoms with Crippen LogP contribution in [0.5, 0.6) is 0 Å². The summed E-state index contributed by atoms with van der Waals surface area (Å²) in [5.41, 5.74) is 8.78. The molecule has 2 aromatic carbocycles. The lowest BCUT2D eigenvalue weighted by molar-refractivity contribution is -0.141. The standard InChI is InChI=1S/C18H23NO2/c1-12(11-18(20)21-3)10-17(19)16-9-8-13(2)14-6-4-5-7-15(14)16/h4-9,12,17H,10-11,19H2,1-3H3. The lowest BCUT2D eigenvalue weighted by Gasteiger charge is -2.19. The molecule has 0 saturated heterocycles. The largest absolute Gasteiger partial charge is 0.469 e. The van der Waals surface area contributed by atoms with Gasteiger partial charge in [-0.3, -0.25) is 4.79 Å². The van der Waals surface area contributed by atoms with Gasteiger partial charge in [0, 0.05) is 12.5 Å². The molecule has 0 aromatic heterocycles. The number of ether oxygens (including phenoxy) is 1. The van der Waals surface area contributed by atoms with Crippen molar-refractivity contribution in [2.45, 2.75) is 32.7 Å². The zero-order valence-electron chi connectivity index (χ0n) is 12.9. The number of methoxy groups -OCH3 is 1. The quantitative estimate of drug-likeness (QED) is 0.851. The summed E-state index contributed by atoms with van der Waals surface area (Å²) >= 11 is 0. The molecular formula is C18H23NO2. The first-order valence-corrected chi connectivity index (χ1v) is 7.33. The van der Waals surface area contributed by atoms with E-state index in [9.17, 15) is 4.79 Å². The number of carbonyl (C=O) groups is 1. The topological polar surface area (TPSA) is 52.3 Å². The highest BCUT2D eigenvalue weighted by Crippen LogP contribution is 2.29. The number of aryl methyl sites for hydroxylation is 1. The Balaban J connectivity index is 2.22. The van der Waals surface area contributed by atoms with Gasteiger partial charge in [0.15, 0.2) is 0 Å². The smallest absolute Gasteiger partial charge is 0.305 e. The van der Waals surface area contributed by atoms with Crippen LogP contribution in [0.3, 0.4) is 0 Å². The highest BCUT2D eigenvalue weighted by atomic mass is 16.5. The van der Waals surface area contributed by atoms with Crippen LogP contribution in [0.25, 0.3) is 10.8 Å². The molecule has 112 valence electrons. The van der Waals surface area contributed by atoms with Gasteiger partial charge in [0.2, 0.25) is 0 Å². The Morgan fingerprint density at radius 1 is 1.19 bits per heavy atom. The third kappa shape index (κ3) is 3.61. The van der Waals surface area contributed by atoms with Crippen molar-refractivity contribution in [3.8, 4) is 0 Å². The van der Waals surface area contributed by atoms with Crippen LogP contribution in [0, 0.1) is 12.8 Å². The highest BCUT2D eigenvalue weighted by Gasteiger charge is 2.16. The van der Waals surface area contributed by atoms with Crippen molar-refractivity contribution < 1.29 is 9.53 Å². The summed E-state index contributed by atoms with van der Waals surface area (Å²) in [7, 11) is 1.42. The van der Waals surface area contributed by atoms with Gasteiger partial charge in [-0.25, -0.2) is 0 Å². The zero-order chi connectivity index (χ0) is 15.4. The summed E-state index contributed by atoms with van der Waals surface area (Å²) in [5, 5.41) is 2.45. The number of fused-ring (bicyclic) bond motifs is 1. The van der Waals surface area contributed by atoms with Crippen LogP contribution in [0.2, 0.25) is 0 Å². The van der Waals surface area contributed by atoms with Gasteiger partial charge >= 0.3 is 5.97 Å². The van der Waals surface area contributed by atoms with E-state index < -0.39 is 0 Å². The van der Waals surface area contributed by atoms with Crippen LogP contribution in [0.1, 0.15) is 36.9 Å². The van der Waals surface area contributed by atoms with Gasteiger partial charge in [-0.1, -0.05) is 43.3 Å². The molecule has 0 aliphatic rings. The molecule has 0 bridgehead atoms. The maximum atomic E-state index is 11.3. The fraction of sp³-hybridized carbons (Fsp3) is 0.389. The minimum atomic E-state index is -0.177. The van der Waals surface area contributed by atoms with E-state index >= 15 is 0 Å². The van der Waals surface area contributed by atoms with E-state index in [-0.39, 0.29) is 17.9 Å². The molecule has 0 spiro atoms. The lowest BCUT2D eigenvalue weighted by atomic mass is 9.90. The first-order chi connectivity index (χ1) is 10.0. The van der Waals surface area contributed by atoms with Crippen molar-refractivity contribution in [3.63, 3.8) is 0 Å². The number of esters is 1. The molecule has 0 heterocycles. The average Bonchev–Trinajstić information content (AvgIpc) is 2.47. The molecule has 2 rings (SSSR count). The minimum Gasteiger partial charge on any atom is -0.469 e. The molecule has 0 aliphatic carbocycles. The van der Waals surface area contributed by atoms with Crippen LogP contribution in [0.4, 0.5) is 0 Å². The van der Waals surface area contributed by atoms with Gasteiger partial charge in [0.05, 0.1) is 7.11 Å². The maximum absolute atomic E-state index is 11.3. The summed E-state index contributed by atoms with van der Waals surface area (Å²) < 4.78 is 4.71. The summed E-state index contributed by atoms with van der Waals surface area (Å²) in [6.07, 6.45) is 1.18. The van der Waals surface area contributed by atoms with Gasteiger partial charge in [0.25, 0.3) is 0 Å². The molecule has 0 fully saturated rings. The summed E-state index contributed by atoms with van der Waals surface area (Å²) in [4.78, 5) is 11.3. The van der Waals surface area contributed by atoms with E-state index in [0.29, 0.717) is 6.42 Å². The van der Waals surface area contributed by atoms with Crippen LogP contribution in [-0.2, 0) is 9.53 Å². The summed E-state index contributed by atoms with van der Waals surface area (Å²) in [5.74, 6) is 0.0241. The molecule has 3 heteroatoms. The summed E-state index contributed by atoms with van der Waals surface area (Å²) in [6.45, 7) is 4.14. The minimum absolute atomic E-state index is 0.0739. The fourth-order valence-electron chi connectivity index (χ4n) is 2.81. The van der Waals surface area contributed by atoms with Crippen molar-refractivity contribution in [3.05, 3.63) is 47.5 Å². The van der Waals surface area contributed by atoms with Crippen LogP contribution >= 0.6 is 0 Å². The SMILES string of the molecule is COC(=O)CC(C)CC(N)c1ccc(C)c2ccccc12. The zero-order valence-corrected chi connectivity index (χ0v) is 12.9. The second kappa shape index (κ2) is 6.72. The number of hydrogen-bond donors (Lipinski definition) is 1. The number of benzene rings is 2. The van der Waals surface area contributed by atoms with Gasteiger partial charge in [-0.05, 0) is 41.2 Å². The predicted molar refractivity (Wildman–Crippen MR) is 86.0 cm³/mol. The number of carbonyl (C=O) groups excluding carboxylic acids is 1. The van der Waals surface area contributed by atoms with E-state index in [0.717, 1.165) is 12.0 Å². The second-order valence-electron chi connectivity index (χ2n) is 5.74. The Hall–Kier alpha value is -1.87. The highest BCUT2D eigenvalue weighted by molar-refractivity contribution is 5.88. The van der Waals surface area contributed by atoms with Gasteiger partial charge < -0.3 is 10.5 Å². The maximum Gasteiger partial charge on any atom is 0.305 e. The van der Waals surface area contributed by atoms with Crippen molar-refractivity contribution in [1.82, 2.24) is 0 Å². The molecule has 0 amide bonds. The molecule has 2 unspecified atom stereocenters. The monoisotopic (exact) mass is 285 g/mol. The molecular weight excluding hydrogens is 262 g/mol. The molecule has 2 aromatic rings. The Morgan fingerprint density at radius 3 is 2.52 bits per heavy atom. The molecule has 21 heavy (non-hydrogen) atoms. The van der Waals surface area contributed by atoms with Crippen LogP contribution in [0.15, 0.2) is 36.4 Å². The Morgan fingerprint density at radius 2 is 1.86 bits per heavy atom. The van der Waals surface area contributed by atoms with E-state index in [2.05, 4.69) is 31.2 Å². The molecule has 0 saturated carbocycles. The number of rotatable bonds is 5. The van der Waals surface area contributed by atoms with E-state index in [1.54, 1.807) is 0 Å². The van der Waals surface area contributed by atoms with Gasteiger partial charge in [0.1, 0.15) is 0 Å². The molecule has 0 aliphatic heterocycles. The van der Waals surface area contributed by atoms with E-state index in [1.807, 2.05) is 19.1 Å².